The highest BCUT2D eigenvalue weighted by Gasteiger charge is 2.12. The highest BCUT2D eigenvalue weighted by atomic mass is 35.5. The van der Waals surface area contributed by atoms with Gasteiger partial charge in [-0.1, -0.05) is 24.9 Å². The summed E-state index contributed by atoms with van der Waals surface area (Å²) in [5.74, 6) is 0.917. The molecule has 0 fully saturated rings. The summed E-state index contributed by atoms with van der Waals surface area (Å²) in [5, 5.41) is 5.76. The predicted molar refractivity (Wildman–Crippen MR) is 83.6 cm³/mol. The van der Waals surface area contributed by atoms with Gasteiger partial charge in [0.15, 0.2) is 0 Å². The molecule has 0 atom stereocenters. The molecule has 0 aromatic carbocycles. The van der Waals surface area contributed by atoms with E-state index < -0.39 is 0 Å². The second-order valence-corrected chi connectivity index (χ2v) is 5.65. The van der Waals surface area contributed by atoms with Crippen molar-refractivity contribution < 1.29 is 0 Å². The Labute approximate surface area is 128 Å². The molecule has 0 bridgehead atoms. The van der Waals surface area contributed by atoms with Gasteiger partial charge in [-0.05, 0) is 37.2 Å². The topological polar surface area (TPSA) is 50.7 Å². The van der Waals surface area contributed by atoms with Crippen molar-refractivity contribution in [2.75, 3.05) is 11.9 Å². The van der Waals surface area contributed by atoms with E-state index in [2.05, 4.69) is 34.1 Å². The van der Waals surface area contributed by atoms with Crippen LogP contribution < -0.4 is 5.32 Å². The van der Waals surface area contributed by atoms with Crippen molar-refractivity contribution >= 4 is 29.2 Å². The van der Waals surface area contributed by atoms with Gasteiger partial charge in [0, 0.05) is 18.3 Å². The van der Waals surface area contributed by atoms with Gasteiger partial charge in [0.05, 0.1) is 5.02 Å². The molecule has 0 aliphatic carbocycles. The molecule has 2 rings (SSSR count). The SMILES string of the molecule is CCCc1c(NCC)ncnc1Sc1ccc(Cl)cn1. The molecule has 2 heterocycles. The number of hydrogen-bond donors (Lipinski definition) is 1. The van der Waals surface area contributed by atoms with E-state index in [0.717, 1.165) is 40.8 Å². The summed E-state index contributed by atoms with van der Waals surface area (Å²) in [6.45, 7) is 5.06. The van der Waals surface area contributed by atoms with E-state index in [4.69, 9.17) is 11.6 Å². The zero-order chi connectivity index (χ0) is 14.4. The maximum Gasteiger partial charge on any atom is 0.133 e. The van der Waals surface area contributed by atoms with E-state index in [1.54, 1.807) is 24.3 Å². The lowest BCUT2D eigenvalue weighted by Gasteiger charge is -2.12. The summed E-state index contributed by atoms with van der Waals surface area (Å²) in [6.07, 6.45) is 5.23. The fourth-order valence-corrected chi connectivity index (χ4v) is 2.77. The van der Waals surface area contributed by atoms with Gasteiger partial charge in [0.25, 0.3) is 0 Å². The molecule has 1 N–H and O–H groups in total. The molecule has 0 aliphatic rings. The molecule has 0 saturated carbocycles. The van der Waals surface area contributed by atoms with Crippen molar-refractivity contribution in [2.45, 2.75) is 36.7 Å². The molecule has 0 spiro atoms. The Hall–Kier alpha value is -1.33. The van der Waals surface area contributed by atoms with Crippen molar-refractivity contribution in [1.82, 2.24) is 15.0 Å². The summed E-state index contributed by atoms with van der Waals surface area (Å²) in [5.41, 5.74) is 1.15. The van der Waals surface area contributed by atoms with Crippen LogP contribution in [0.5, 0.6) is 0 Å². The standard InChI is InChI=1S/C14H17ClN4S/c1-3-5-11-13(16-4-2)18-9-19-14(11)20-12-7-6-10(15)8-17-12/h6-9H,3-5H2,1-2H3,(H,16,18,19). The lowest BCUT2D eigenvalue weighted by molar-refractivity contribution is 0.854. The first-order valence-electron chi connectivity index (χ1n) is 6.61. The highest BCUT2D eigenvalue weighted by Crippen LogP contribution is 2.31. The quantitative estimate of drug-likeness (QED) is 0.816. The third kappa shape index (κ3) is 3.84. The third-order valence-corrected chi connectivity index (χ3v) is 3.87. The van der Waals surface area contributed by atoms with Crippen LogP contribution in [0.1, 0.15) is 25.8 Å². The summed E-state index contributed by atoms with van der Waals surface area (Å²) < 4.78 is 0. The minimum absolute atomic E-state index is 0.638. The Morgan fingerprint density at radius 1 is 1.20 bits per heavy atom. The number of hydrogen-bond acceptors (Lipinski definition) is 5. The minimum Gasteiger partial charge on any atom is -0.370 e. The van der Waals surface area contributed by atoms with Crippen LogP contribution in [0.2, 0.25) is 5.02 Å². The van der Waals surface area contributed by atoms with Crippen LogP contribution >= 0.6 is 23.4 Å². The van der Waals surface area contributed by atoms with Crippen molar-refractivity contribution in [1.29, 1.82) is 0 Å². The van der Waals surface area contributed by atoms with Gasteiger partial charge in [-0.3, -0.25) is 0 Å². The second-order valence-electron chi connectivity index (χ2n) is 4.20. The number of anilines is 1. The average Bonchev–Trinajstić information content (AvgIpc) is 2.45. The fourth-order valence-electron chi connectivity index (χ4n) is 1.80. The van der Waals surface area contributed by atoms with E-state index >= 15 is 0 Å². The number of aromatic nitrogens is 3. The van der Waals surface area contributed by atoms with Gasteiger partial charge < -0.3 is 5.32 Å². The molecule has 0 saturated heterocycles. The second kappa shape index (κ2) is 7.45. The summed E-state index contributed by atoms with van der Waals surface area (Å²) in [6, 6.07) is 3.74. The molecule has 0 amide bonds. The van der Waals surface area contributed by atoms with Crippen LogP contribution in [0.3, 0.4) is 0 Å². The molecule has 4 nitrogen and oxygen atoms in total. The average molecular weight is 309 g/mol. The molecular formula is C14H17ClN4S. The Kier molecular flexibility index (Phi) is 5.61. The van der Waals surface area contributed by atoms with E-state index in [1.807, 2.05) is 12.1 Å². The lowest BCUT2D eigenvalue weighted by Crippen LogP contribution is -2.06. The Morgan fingerprint density at radius 2 is 2.05 bits per heavy atom. The van der Waals surface area contributed by atoms with Gasteiger partial charge in [0.1, 0.15) is 22.2 Å². The van der Waals surface area contributed by atoms with Gasteiger partial charge in [-0.25, -0.2) is 15.0 Å². The van der Waals surface area contributed by atoms with Crippen molar-refractivity contribution in [3.05, 3.63) is 35.2 Å². The number of nitrogens with zero attached hydrogens (tertiary/aromatic N) is 3. The minimum atomic E-state index is 0.638. The lowest BCUT2D eigenvalue weighted by atomic mass is 10.2. The van der Waals surface area contributed by atoms with Crippen molar-refractivity contribution in [2.24, 2.45) is 0 Å². The van der Waals surface area contributed by atoms with E-state index in [1.165, 1.54) is 0 Å². The molecule has 6 heteroatoms. The fraction of sp³-hybridized carbons (Fsp3) is 0.357. The van der Waals surface area contributed by atoms with Crippen LogP contribution in [0.25, 0.3) is 0 Å². The first-order valence-corrected chi connectivity index (χ1v) is 7.81. The van der Waals surface area contributed by atoms with Crippen molar-refractivity contribution in [3.8, 4) is 0 Å². The van der Waals surface area contributed by atoms with Crippen LogP contribution in [-0.4, -0.2) is 21.5 Å². The van der Waals surface area contributed by atoms with E-state index in [0.29, 0.717) is 5.02 Å². The van der Waals surface area contributed by atoms with E-state index in [-0.39, 0.29) is 0 Å². The molecule has 2 aromatic rings. The maximum atomic E-state index is 5.85. The van der Waals surface area contributed by atoms with Gasteiger partial charge in [-0.2, -0.15) is 0 Å². The number of rotatable bonds is 6. The number of nitrogens with one attached hydrogen (secondary N) is 1. The largest absolute Gasteiger partial charge is 0.370 e. The third-order valence-electron chi connectivity index (χ3n) is 2.65. The summed E-state index contributed by atoms with van der Waals surface area (Å²) >= 11 is 7.40. The first kappa shape index (κ1) is 15.1. The predicted octanol–water partition coefficient (Wildman–Crippen LogP) is 4.06. The molecule has 106 valence electrons. The van der Waals surface area contributed by atoms with Gasteiger partial charge in [0.2, 0.25) is 0 Å². The van der Waals surface area contributed by atoms with Crippen LogP contribution in [0.15, 0.2) is 34.7 Å². The maximum absolute atomic E-state index is 5.85. The Balaban J connectivity index is 2.29. The van der Waals surface area contributed by atoms with Crippen LogP contribution in [0.4, 0.5) is 5.82 Å². The first-order chi connectivity index (χ1) is 9.74. The summed E-state index contributed by atoms with van der Waals surface area (Å²) in [4.78, 5) is 13.0. The Morgan fingerprint density at radius 3 is 2.70 bits per heavy atom. The monoisotopic (exact) mass is 308 g/mol. The van der Waals surface area contributed by atoms with Gasteiger partial charge >= 0.3 is 0 Å². The molecule has 20 heavy (non-hydrogen) atoms. The van der Waals surface area contributed by atoms with Crippen molar-refractivity contribution in [3.63, 3.8) is 0 Å². The molecule has 0 aliphatic heterocycles. The molecule has 2 aromatic heterocycles. The molecule has 0 radical (unpaired) electrons. The normalized spacial score (nSPS) is 10.6. The number of pyridine rings is 1. The smallest absolute Gasteiger partial charge is 0.133 e. The number of halogens is 1. The highest BCUT2D eigenvalue weighted by molar-refractivity contribution is 7.99. The summed E-state index contributed by atoms with van der Waals surface area (Å²) in [7, 11) is 0. The molecule has 0 unspecified atom stereocenters. The van der Waals surface area contributed by atoms with Crippen LogP contribution in [-0.2, 0) is 6.42 Å². The zero-order valence-electron chi connectivity index (χ0n) is 11.6. The Bertz CT molecular complexity index is 560. The van der Waals surface area contributed by atoms with Gasteiger partial charge in [-0.15, -0.1) is 0 Å². The zero-order valence-corrected chi connectivity index (χ0v) is 13.1. The molecular weight excluding hydrogens is 292 g/mol. The van der Waals surface area contributed by atoms with E-state index in [9.17, 15) is 0 Å². The van der Waals surface area contributed by atoms with Crippen LogP contribution in [0, 0.1) is 0 Å².